The Balaban J connectivity index is 1.62. The number of nitro groups is 1. The highest BCUT2D eigenvalue weighted by atomic mass is 32.2. The van der Waals surface area contributed by atoms with E-state index >= 15 is 0 Å². The summed E-state index contributed by atoms with van der Waals surface area (Å²) in [5.41, 5.74) is 1.39. The molecule has 0 spiro atoms. The van der Waals surface area contributed by atoms with E-state index in [1.54, 1.807) is 60.7 Å². The third-order valence-electron chi connectivity index (χ3n) is 5.31. The number of hydrogen-bond donors (Lipinski definition) is 1. The van der Waals surface area contributed by atoms with Crippen molar-refractivity contribution in [3.63, 3.8) is 0 Å². The van der Waals surface area contributed by atoms with E-state index in [2.05, 4.69) is 5.32 Å². The molecule has 170 valence electrons. The predicted molar refractivity (Wildman–Crippen MR) is 124 cm³/mol. The summed E-state index contributed by atoms with van der Waals surface area (Å²) in [7, 11) is -3.83. The first kappa shape index (κ1) is 22.3. The first-order valence-electron chi connectivity index (χ1n) is 10.1. The minimum absolute atomic E-state index is 0.130. The van der Waals surface area contributed by atoms with Crippen molar-refractivity contribution in [1.29, 1.82) is 0 Å². The Hall–Kier alpha value is -3.92. The number of carbonyl (C=O) groups excluding carboxylic acids is 1. The van der Waals surface area contributed by atoms with Gasteiger partial charge in [-0.15, -0.1) is 0 Å². The Bertz CT molecular complexity index is 1310. The van der Waals surface area contributed by atoms with Gasteiger partial charge >= 0.3 is 0 Å². The Labute approximate surface area is 190 Å². The molecular weight excluding hydrogens is 446 g/mol. The third kappa shape index (κ3) is 4.65. The fourth-order valence-corrected chi connectivity index (χ4v) is 5.22. The average Bonchev–Trinajstić information content (AvgIpc) is 2.79. The minimum Gasteiger partial charge on any atom is -0.476 e. The molecule has 33 heavy (non-hydrogen) atoms. The summed E-state index contributed by atoms with van der Waals surface area (Å²) in [6, 6.07) is 19.7. The van der Waals surface area contributed by atoms with Gasteiger partial charge in [0.1, 0.15) is 5.75 Å². The zero-order valence-electron chi connectivity index (χ0n) is 17.7. The molecule has 1 aliphatic heterocycles. The molecule has 1 atom stereocenters. The molecule has 9 nitrogen and oxygen atoms in total. The number of hydrogen-bond acceptors (Lipinski definition) is 6. The maximum atomic E-state index is 13.3. The number of amides is 1. The van der Waals surface area contributed by atoms with Crippen molar-refractivity contribution in [2.75, 3.05) is 16.2 Å². The average molecular weight is 468 g/mol. The number of anilines is 2. The van der Waals surface area contributed by atoms with Gasteiger partial charge < -0.3 is 10.1 Å². The lowest BCUT2D eigenvalue weighted by Crippen LogP contribution is -2.49. The molecule has 0 aliphatic carbocycles. The van der Waals surface area contributed by atoms with Crippen molar-refractivity contribution in [2.45, 2.75) is 18.8 Å². The maximum Gasteiger partial charge on any atom is 0.274 e. The Morgan fingerprint density at radius 3 is 2.52 bits per heavy atom. The van der Waals surface area contributed by atoms with Gasteiger partial charge in [0, 0.05) is 6.07 Å². The topological polar surface area (TPSA) is 119 Å². The minimum atomic E-state index is -3.83. The molecule has 0 radical (unpaired) electrons. The quantitative estimate of drug-likeness (QED) is 0.437. The highest BCUT2D eigenvalue weighted by Crippen LogP contribution is 2.36. The van der Waals surface area contributed by atoms with Gasteiger partial charge in [-0.1, -0.05) is 48.5 Å². The molecule has 3 aromatic carbocycles. The van der Waals surface area contributed by atoms with Crippen LogP contribution in [-0.2, 0) is 20.6 Å². The van der Waals surface area contributed by atoms with Crippen molar-refractivity contribution in [3.05, 3.63) is 94.0 Å². The highest BCUT2D eigenvalue weighted by molar-refractivity contribution is 7.92. The fourth-order valence-electron chi connectivity index (χ4n) is 3.63. The molecule has 1 unspecified atom stereocenters. The number of fused-ring (bicyclic) bond motifs is 1. The summed E-state index contributed by atoms with van der Waals surface area (Å²) in [6.07, 6.45) is -1.15. The monoisotopic (exact) mass is 467 g/mol. The molecule has 0 saturated heterocycles. The second-order valence-electron chi connectivity index (χ2n) is 7.54. The summed E-state index contributed by atoms with van der Waals surface area (Å²) in [6.45, 7) is 1.30. The van der Waals surface area contributed by atoms with Gasteiger partial charge in [-0.25, -0.2) is 8.42 Å². The molecule has 1 N–H and O–H groups in total. The molecule has 3 aromatic rings. The molecule has 4 rings (SSSR count). The maximum absolute atomic E-state index is 13.3. The number of nitrogens with one attached hydrogen (secondary N) is 1. The van der Waals surface area contributed by atoms with Gasteiger partial charge in [-0.05, 0) is 30.7 Å². The predicted octanol–water partition coefficient (Wildman–Crippen LogP) is 3.64. The van der Waals surface area contributed by atoms with E-state index in [1.807, 2.05) is 0 Å². The molecule has 0 aromatic heterocycles. The van der Waals surface area contributed by atoms with Gasteiger partial charge in [0.05, 0.1) is 34.2 Å². The lowest BCUT2D eigenvalue weighted by atomic mass is 10.1. The summed E-state index contributed by atoms with van der Waals surface area (Å²) < 4.78 is 33.6. The van der Waals surface area contributed by atoms with Crippen molar-refractivity contribution in [2.24, 2.45) is 0 Å². The number of nitrogens with zero attached hydrogens (tertiary/aromatic N) is 2. The number of benzene rings is 3. The molecule has 10 heteroatoms. The van der Waals surface area contributed by atoms with Crippen LogP contribution >= 0.6 is 0 Å². The number of carbonyl (C=O) groups is 1. The number of ether oxygens (including phenoxy) is 1. The van der Waals surface area contributed by atoms with Crippen LogP contribution in [0.3, 0.4) is 0 Å². The fraction of sp³-hybridized carbons (Fsp3) is 0.174. The van der Waals surface area contributed by atoms with Crippen LogP contribution in [0.5, 0.6) is 5.75 Å². The van der Waals surface area contributed by atoms with Crippen molar-refractivity contribution < 1.29 is 22.9 Å². The van der Waals surface area contributed by atoms with Gasteiger partial charge in [0.2, 0.25) is 10.0 Å². The van der Waals surface area contributed by atoms with E-state index in [4.69, 9.17) is 4.74 Å². The molecule has 0 bridgehead atoms. The third-order valence-corrected chi connectivity index (χ3v) is 7.03. The van der Waals surface area contributed by atoms with Crippen LogP contribution < -0.4 is 14.4 Å². The van der Waals surface area contributed by atoms with E-state index in [9.17, 15) is 23.3 Å². The Kier molecular flexibility index (Phi) is 6.01. The summed E-state index contributed by atoms with van der Waals surface area (Å²) in [4.78, 5) is 23.7. The van der Waals surface area contributed by atoms with Gasteiger partial charge in [-0.2, -0.15) is 0 Å². The molecule has 1 amide bonds. The molecular formula is C23H21N3O6S. The van der Waals surface area contributed by atoms with Crippen LogP contribution in [-0.4, -0.2) is 31.9 Å². The van der Waals surface area contributed by atoms with Gasteiger partial charge in [-0.3, -0.25) is 19.2 Å². The Morgan fingerprint density at radius 2 is 1.79 bits per heavy atom. The second-order valence-corrected chi connectivity index (χ2v) is 9.44. The van der Waals surface area contributed by atoms with Crippen LogP contribution in [0.4, 0.5) is 17.1 Å². The van der Waals surface area contributed by atoms with E-state index in [-0.39, 0.29) is 29.4 Å². The van der Waals surface area contributed by atoms with Crippen molar-refractivity contribution in [1.82, 2.24) is 0 Å². The number of nitro benzene ring substituents is 1. The van der Waals surface area contributed by atoms with Crippen LogP contribution in [0, 0.1) is 17.0 Å². The summed E-state index contributed by atoms with van der Waals surface area (Å²) in [5.74, 6) is -0.579. The SMILES string of the molecule is Cc1c(NC(=O)C2CN(S(=O)(=O)Cc3ccccc3)c3ccccc3O2)cccc1[N+](=O)[O-]. The van der Waals surface area contributed by atoms with Crippen LogP contribution in [0.1, 0.15) is 11.1 Å². The zero-order valence-corrected chi connectivity index (χ0v) is 18.5. The first-order chi connectivity index (χ1) is 15.8. The standard InChI is InChI=1S/C23H21N3O6S/c1-16-18(10-7-12-19(16)26(28)29)24-23(27)22-14-25(20-11-5-6-13-21(20)32-22)33(30,31)15-17-8-3-2-4-9-17/h2-13,22H,14-15H2,1H3,(H,24,27). The van der Waals surface area contributed by atoms with Gasteiger partial charge in [0.15, 0.2) is 6.10 Å². The molecule has 1 aliphatic rings. The normalized spacial score (nSPS) is 15.3. The lowest BCUT2D eigenvalue weighted by Gasteiger charge is -2.34. The van der Waals surface area contributed by atoms with Gasteiger partial charge in [0.25, 0.3) is 11.6 Å². The van der Waals surface area contributed by atoms with Crippen molar-refractivity contribution >= 4 is 33.0 Å². The van der Waals surface area contributed by atoms with Crippen LogP contribution in [0.15, 0.2) is 72.8 Å². The highest BCUT2D eigenvalue weighted by Gasteiger charge is 2.37. The first-order valence-corrected chi connectivity index (χ1v) is 11.7. The second kappa shape index (κ2) is 8.91. The Morgan fingerprint density at radius 1 is 1.09 bits per heavy atom. The van der Waals surface area contributed by atoms with Crippen LogP contribution in [0.2, 0.25) is 0 Å². The van der Waals surface area contributed by atoms with E-state index in [1.165, 1.54) is 23.4 Å². The largest absolute Gasteiger partial charge is 0.476 e. The summed E-state index contributed by atoms with van der Waals surface area (Å²) >= 11 is 0. The van der Waals surface area contributed by atoms with E-state index < -0.39 is 27.0 Å². The zero-order chi connectivity index (χ0) is 23.6. The smallest absolute Gasteiger partial charge is 0.274 e. The molecule has 0 saturated carbocycles. The number of rotatable bonds is 6. The molecule has 1 heterocycles. The number of sulfonamides is 1. The van der Waals surface area contributed by atoms with E-state index in [0.29, 0.717) is 16.8 Å². The molecule has 0 fully saturated rings. The van der Waals surface area contributed by atoms with Crippen LogP contribution in [0.25, 0.3) is 0 Å². The lowest BCUT2D eigenvalue weighted by molar-refractivity contribution is -0.385. The van der Waals surface area contributed by atoms with E-state index in [0.717, 1.165) is 0 Å². The van der Waals surface area contributed by atoms with Crippen molar-refractivity contribution in [3.8, 4) is 5.75 Å². The number of para-hydroxylation sites is 2. The summed E-state index contributed by atoms with van der Waals surface area (Å²) in [5, 5.41) is 13.8.